The van der Waals surface area contributed by atoms with Gasteiger partial charge in [-0.2, -0.15) is 0 Å². The van der Waals surface area contributed by atoms with E-state index in [1.807, 2.05) is 13.8 Å². The number of aliphatic hydroxyl groups excluding tert-OH is 1. The van der Waals surface area contributed by atoms with Crippen LogP contribution in [0.1, 0.15) is 27.7 Å². The predicted octanol–water partition coefficient (Wildman–Crippen LogP) is 0.689. The second-order valence-corrected chi connectivity index (χ2v) is 6.21. The molecule has 0 aromatic carbocycles. The lowest BCUT2D eigenvalue weighted by Gasteiger charge is -2.17. The Morgan fingerprint density at radius 2 is 1.76 bits per heavy atom. The Morgan fingerprint density at radius 3 is 2.06 bits per heavy atom. The third-order valence-electron chi connectivity index (χ3n) is 2.19. The molecule has 17 heavy (non-hydrogen) atoms. The molecular weight excluding hydrogens is 242 g/mol. The van der Waals surface area contributed by atoms with Crippen LogP contribution in [0.4, 0.5) is 0 Å². The van der Waals surface area contributed by atoms with Gasteiger partial charge in [0.1, 0.15) is 6.23 Å². The van der Waals surface area contributed by atoms with E-state index in [2.05, 4.69) is 9.98 Å². The summed E-state index contributed by atoms with van der Waals surface area (Å²) < 4.78 is 23.7. The highest BCUT2D eigenvalue weighted by molar-refractivity contribution is 7.88. The van der Waals surface area contributed by atoms with E-state index in [1.54, 1.807) is 6.92 Å². The van der Waals surface area contributed by atoms with E-state index in [0.717, 1.165) is 16.3 Å². The third kappa shape index (κ3) is 5.78. The Bertz CT molecular complexity index is 411. The van der Waals surface area contributed by atoms with Crippen LogP contribution in [0.5, 0.6) is 0 Å². The highest BCUT2D eigenvalue weighted by Gasteiger charge is 2.17. The first-order chi connectivity index (χ1) is 7.55. The highest BCUT2D eigenvalue weighted by atomic mass is 32.2. The zero-order valence-electron chi connectivity index (χ0n) is 11.2. The zero-order chi connectivity index (χ0) is 13.8. The van der Waals surface area contributed by atoms with Crippen molar-refractivity contribution in [1.82, 2.24) is 4.31 Å². The molecule has 0 fully saturated rings. The van der Waals surface area contributed by atoms with Crippen molar-refractivity contribution in [1.29, 1.82) is 0 Å². The molecule has 0 radical (unpaired) electrons. The van der Waals surface area contributed by atoms with E-state index in [4.69, 9.17) is 0 Å². The summed E-state index contributed by atoms with van der Waals surface area (Å²) in [6.07, 6.45) is 0.0584. The molecule has 0 bridgehead atoms. The van der Waals surface area contributed by atoms with Crippen molar-refractivity contribution >= 4 is 21.7 Å². The first-order valence-electron chi connectivity index (χ1n) is 5.30. The van der Waals surface area contributed by atoms with Crippen molar-refractivity contribution in [3.63, 3.8) is 0 Å². The molecule has 0 aliphatic heterocycles. The van der Waals surface area contributed by atoms with Crippen molar-refractivity contribution < 1.29 is 13.5 Å². The van der Waals surface area contributed by atoms with Gasteiger partial charge in [0.05, 0.1) is 6.26 Å². The fraction of sp³-hybridized carbons (Fsp3) is 0.800. The largest absolute Gasteiger partial charge is 0.372 e. The van der Waals surface area contributed by atoms with Gasteiger partial charge in [-0.1, -0.05) is 13.8 Å². The number of aliphatic hydroxyl groups is 1. The predicted molar refractivity (Wildman–Crippen MR) is 69.7 cm³/mol. The van der Waals surface area contributed by atoms with Crippen molar-refractivity contribution in [2.24, 2.45) is 15.9 Å². The summed E-state index contributed by atoms with van der Waals surface area (Å²) in [5, 5.41) is 9.21. The molecule has 100 valence electrons. The van der Waals surface area contributed by atoms with Gasteiger partial charge in [0, 0.05) is 12.8 Å². The molecule has 1 atom stereocenters. The summed E-state index contributed by atoms with van der Waals surface area (Å²) in [5.41, 5.74) is 0.750. The van der Waals surface area contributed by atoms with Crippen molar-refractivity contribution in [2.75, 3.05) is 13.3 Å². The molecule has 0 aromatic rings. The van der Waals surface area contributed by atoms with E-state index in [1.165, 1.54) is 14.0 Å². The van der Waals surface area contributed by atoms with Crippen LogP contribution in [0.3, 0.4) is 0 Å². The van der Waals surface area contributed by atoms with Crippen LogP contribution in [-0.2, 0) is 10.0 Å². The van der Waals surface area contributed by atoms with Crippen LogP contribution >= 0.6 is 0 Å². The summed E-state index contributed by atoms with van der Waals surface area (Å²) in [6.45, 7) is 7.12. The summed E-state index contributed by atoms with van der Waals surface area (Å²) in [5.74, 6) is 0.177. The maximum absolute atomic E-state index is 11.4. The molecule has 0 aliphatic carbocycles. The number of sulfonamides is 1. The van der Waals surface area contributed by atoms with Crippen LogP contribution in [-0.4, -0.2) is 49.0 Å². The maximum Gasteiger partial charge on any atom is 0.236 e. The first-order valence-corrected chi connectivity index (χ1v) is 7.15. The van der Waals surface area contributed by atoms with Gasteiger partial charge in [-0.05, 0) is 19.8 Å². The minimum atomic E-state index is -3.43. The molecule has 6 nitrogen and oxygen atoms in total. The standard InChI is InChI=1S/C10H21N3O3S/c1-7(2)8(3)11-10(12-9(4)14)13(5)17(6,15)16/h7,9,14H,1-6H3/b11-8+,12-10+. The first kappa shape index (κ1) is 16.1. The van der Waals surface area contributed by atoms with Gasteiger partial charge in [0.2, 0.25) is 16.0 Å². The monoisotopic (exact) mass is 263 g/mol. The molecule has 0 rings (SSSR count). The van der Waals surface area contributed by atoms with E-state index in [-0.39, 0.29) is 11.9 Å². The SMILES string of the molecule is C/C(=N\C(=N/C(C)O)N(C)S(C)(=O)=O)C(C)C. The Morgan fingerprint density at radius 1 is 1.29 bits per heavy atom. The Hall–Kier alpha value is -0.950. The van der Waals surface area contributed by atoms with Crippen LogP contribution in [0.2, 0.25) is 0 Å². The smallest absolute Gasteiger partial charge is 0.236 e. The second kappa shape index (κ2) is 6.11. The van der Waals surface area contributed by atoms with Gasteiger partial charge < -0.3 is 5.11 Å². The molecule has 1 unspecified atom stereocenters. The average molecular weight is 263 g/mol. The fourth-order valence-electron chi connectivity index (χ4n) is 0.783. The molecule has 0 saturated heterocycles. The minimum Gasteiger partial charge on any atom is -0.372 e. The molecule has 7 heteroatoms. The number of hydrogen-bond donors (Lipinski definition) is 1. The quantitative estimate of drug-likeness (QED) is 0.600. The van der Waals surface area contributed by atoms with E-state index >= 15 is 0 Å². The van der Waals surface area contributed by atoms with Gasteiger partial charge in [-0.15, -0.1) is 0 Å². The van der Waals surface area contributed by atoms with Crippen LogP contribution < -0.4 is 0 Å². The molecule has 0 aliphatic rings. The summed E-state index contributed by atoms with van der Waals surface area (Å²) in [6, 6.07) is 0. The summed E-state index contributed by atoms with van der Waals surface area (Å²) >= 11 is 0. The number of nitrogens with zero attached hydrogens (tertiary/aromatic N) is 3. The Kier molecular flexibility index (Phi) is 5.77. The average Bonchev–Trinajstić information content (AvgIpc) is 2.13. The Balaban J connectivity index is 5.40. The molecule has 0 amide bonds. The van der Waals surface area contributed by atoms with E-state index in [0.29, 0.717) is 0 Å². The van der Waals surface area contributed by atoms with Crippen LogP contribution in [0, 0.1) is 5.92 Å². The molecule has 0 aromatic heterocycles. The van der Waals surface area contributed by atoms with Crippen molar-refractivity contribution in [2.45, 2.75) is 33.9 Å². The minimum absolute atomic E-state index is 0.00583. The van der Waals surface area contributed by atoms with Crippen LogP contribution in [0.15, 0.2) is 9.98 Å². The number of hydrogen-bond acceptors (Lipinski definition) is 4. The Labute approximate surface area is 103 Å². The lowest BCUT2D eigenvalue weighted by molar-refractivity contribution is 0.204. The molecule has 0 saturated carbocycles. The number of guanidine groups is 1. The van der Waals surface area contributed by atoms with E-state index in [9.17, 15) is 13.5 Å². The molecule has 0 spiro atoms. The third-order valence-corrected chi connectivity index (χ3v) is 3.35. The van der Waals surface area contributed by atoms with E-state index < -0.39 is 16.3 Å². The van der Waals surface area contributed by atoms with Crippen LogP contribution in [0.25, 0.3) is 0 Å². The lowest BCUT2D eigenvalue weighted by Crippen LogP contribution is -2.33. The maximum atomic E-state index is 11.4. The van der Waals surface area contributed by atoms with Gasteiger partial charge >= 0.3 is 0 Å². The summed E-state index contributed by atoms with van der Waals surface area (Å²) in [7, 11) is -2.08. The van der Waals surface area contributed by atoms with Crippen molar-refractivity contribution in [3.05, 3.63) is 0 Å². The number of rotatable bonds is 3. The molecule has 0 heterocycles. The van der Waals surface area contributed by atoms with Gasteiger partial charge in [-0.3, -0.25) is 0 Å². The normalized spacial score (nSPS) is 16.2. The molecular formula is C10H21N3O3S. The highest BCUT2D eigenvalue weighted by Crippen LogP contribution is 2.04. The van der Waals surface area contributed by atoms with Gasteiger partial charge in [0.15, 0.2) is 0 Å². The van der Waals surface area contributed by atoms with Gasteiger partial charge in [0.25, 0.3) is 0 Å². The topological polar surface area (TPSA) is 82.3 Å². The fourth-order valence-corrected chi connectivity index (χ4v) is 1.17. The van der Waals surface area contributed by atoms with Gasteiger partial charge in [-0.25, -0.2) is 22.7 Å². The second-order valence-electron chi connectivity index (χ2n) is 4.20. The van der Waals surface area contributed by atoms with Crippen molar-refractivity contribution in [3.8, 4) is 0 Å². The lowest BCUT2D eigenvalue weighted by atomic mass is 10.1. The zero-order valence-corrected chi connectivity index (χ0v) is 12.0. The number of aliphatic imine (C=N–C) groups is 2. The summed E-state index contributed by atoms with van der Waals surface area (Å²) in [4.78, 5) is 7.93. The molecule has 1 N–H and O–H groups in total.